The number of nitrogens with two attached hydrogens (primary N) is 1. The Bertz CT molecular complexity index is 421. The van der Waals surface area contributed by atoms with Crippen LogP contribution >= 0.6 is 12.2 Å². The van der Waals surface area contributed by atoms with Crippen molar-refractivity contribution in [2.45, 2.75) is 45.4 Å². The normalized spacial score (nSPS) is 10.3. The highest BCUT2D eigenvalue weighted by Crippen LogP contribution is 2.22. The van der Waals surface area contributed by atoms with Crippen LogP contribution in [-0.4, -0.2) is 18.6 Å². The largest absolute Gasteiger partial charge is 0.497 e. The van der Waals surface area contributed by atoms with Crippen LogP contribution in [0.5, 0.6) is 5.75 Å². The van der Waals surface area contributed by atoms with Gasteiger partial charge >= 0.3 is 0 Å². The number of ether oxygens (including phenoxy) is 1. The molecule has 0 saturated carbocycles. The number of hydrogen-bond donors (Lipinski definition) is 2. The lowest BCUT2D eigenvalue weighted by Gasteiger charge is -2.12. The Morgan fingerprint density at radius 2 is 1.90 bits per heavy atom. The number of methoxy groups -OCH3 is 1. The highest BCUT2D eigenvalue weighted by Gasteiger charge is 2.06. The van der Waals surface area contributed by atoms with Crippen molar-refractivity contribution in [3.63, 3.8) is 0 Å². The van der Waals surface area contributed by atoms with E-state index in [4.69, 9.17) is 22.7 Å². The minimum Gasteiger partial charge on any atom is -0.497 e. The maximum Gasteiger partial charge on any atom is 0.120 e. The quantitative estimate of drug-likeness (QED) is 0.504. The third-order valence-corrected chi connectivity index (χ3v) is 3.56. The first-order valence-corrected chi connectivity index (χ1v) is 7.81. The van der Waals surface area contributed by atoms with E-state index in [-0.39, 0.29) is 0 Å². The summed E-state index contributed by atoms with van der Waals surface area (Å²) in [6.07, 6.45) is 7.72. The maximum atomic E-state index is 5.74. The van der Waals surface area contributed by atoms with Crippen LogP contribution in [0.4, 0.5) is 5.69 Å². The second kappa shape index (κ2) is 9.59. The van der Waals surface area contributed by atoms with Crippen molar-refractivity contribution in [1.82, 2.24) is 0 Å². The highest BCUT2D eigenvalue weighted by atomic mass is 32.1. The molecule has 4 heteroatoms. The van der Waals surface area contributed by atoms with Crippen molar-refractivity contribution in [3.05, 3.63) is 23.8 Å². The third kappa shape index (κ3) is 5.78. The van der Waals surface area contributed by atoms with Crippen molar-refractivity contribution in [1.29, 1.82) is 0 Å². The number of benzene rings is 1. The molecule has 0 amide bonds. The Morgan fingerprint density at radius 3 is 2.55 bits per heavy atom. The molecule has 0 heterocycles. The minimum absolute atomic E-state index is 0.415. The molecule has 0 aromatic heterocycles. The molecule has 3 nitrogen and oxygen atoms in total. The molecule has 1 aromatic carbocycles. The van der Waals surface area contributed by atoms with Crippen molar-refractivity contribution in [2.24, 2.45) is 5.73 Å². The number of unbranched alkanes of at least 4 members (excludes halogenated alkanes) is 5. The summed E-state index contributed by atoms with van der Waals surface area (Å²) in [7, 11) is 1.66. The number of thiocarbonyl (C=S) groups is 1. The molecule has 0 aliphatic rings. The Labute approximate surface area is 127 Å². The van der Waals surface area contributed by atoms with E-state index < -0.39 is 0 Å². The van der Waals surface area contributed by atoms with Gasteiger partial charge in [0.1, 0.15) is 10.7 Å². The smallest absolute Gasteiger partial charge is 0.120 e. The fourth-order valence-electron chi connectivity index (χ4n) is 2.14. The molecule has 0 aliphatic carbocycles. The zero-order valence-electron chi connectivity index (χ0n) is 12.6. The van der Waals surface area contributed by atoms with E-state index in [1.807, 2.05) is 18.2 Å². The zero-order chi connectivity index (χ0) is 14.8. The van der Waals surface area contributed by atoms with E-state index in [0.29, 0.717) is 4.99 Å². The van der Waals surface area contributed by atoms with Crippen molar-refractivity contribution in [3.8, 4) is 5.75 Å². The standard InChI is InChI=1S/C16H26N2OS/c1-3-4-5-6-7-8-11-18-15-12-13(19-2)9-10-14(15)16(17)20/h9-10,12,18H,3-8,11H2,1-2H3,(H2,17,20). The first kappa shape index (κ1) is 16.8. The van der Waals surface area contributed by atoms with Gasteiger partial charge in [0.15, 0.2) is 0 Å². The molecule has 0 aliphatic heterocycles. The number of nitrogens with one attached hydrogen (secondary N) is 1. The molecule has 20 heavy (non-hydrogen) atoms. The van der Waals surface area contributed by atoms with Gasteiger partial charge < -0.3 is 15.8 Å². The molecule has 0 radical (unpaired) electrons. The molecular formula is C16H26N2OS. The Hall–Kier alpha value is -1.29. The van der Waals surface area contributed by atoms with E-state index in [2.05, 4.69) is 12.2 Å². The number of anilines is 1. The lowest BCUT2D eigenvalue weighted by Crippen LogP contribution is -2.14. The van der Waals surface area contributed by atoms with Gasteiger partial charge in [0.05, 0.1) is 7.11 Å². The molecule has 0 saturated heterocycles. The maximum absolute atomic E-state index is 5.74. The summed E-state index contributed by atoms with van der Waals surface area (Å²) in [5.74, 6) is 0.815. The average molecular weight is 294 g/mol. The van der Waals surface area contributed by atoms with Gasteiger partial charge in [-0.05, 0) is 18.6 Å². The van der Waals surface area contributed by atoms with Gasteiger partial charge in [-0.25, -0.2) is 0 Å². The Balaban J connectivity index is 2.43. The molecule has 0 bridgehead atoms. The van der Waals surface area contributed by atoms with Gasteiger partial charge in [-0.3, -0.25) is 0 Å². The summed E-state index contributed by atoms with van der Waals surface area (Å²) in [5.41, 5.74) is 7.59. The van der Waals surface area contributed by atoms with Gasteiger partial charge in [0.25, 0.3) is 0 Å². The zero-order valence-corrected chi connectivity index (χ0v) is 13.4. The van der Waals surface area contributed by atoms with Crippen LogP contribution in [0.2, 0.25) is 0 Å². The Morgan fingerprint density at radius 1 is 1.20 bits per heavy atom. The van der Waals surface area contributed by atoms with Crippen LogP contribution in [0.15, 0.2) is 18.2 Å². The molecule has 1 aromatic rings. The minimum atomic E-state index is 0.415. The summed E-state index contributed by atoms with van der Waals surface area (Å²) in [6, 6.07) is 5.74. The fraction of sp³-hybridized carbons (Fsp3) is 0.562. The highest BCUT2D eigenvalue weighted by molar-refractivity contribution is 7.80. The molecule has 112 valence electrons. The van der Waals surface area contributed by atoms with E-state index in [1.54, 1.807) is 7.11 Å². The summed E-state index contributed by atoms with van der Waals surface area (Å²) >= 11 is 5.08. The van der Waals surface area contributed by atoms with Crippen LogP contribution in [0.25, 0.3) is 0 Å². The van der Waals surface area contributed by atoms with Crippen molar-refractivity contribution >= 4 is 22.9 Å². The molecule has 3 N–H and O–H groups in total. The second-order valence-corrected chi connectivity index (χ2v) is 5.41. The van der Waals surface area contributed by atoms with Crippen LogP contribution in [0.3, 0.4) is 0 Å². The van der Waals surface area contributed by atoms with E-state index in [9.17, 15) is 0 Å². The number of rotatable bonds is 10. The van der Waals surface area contributed by atoms with Gasteiger partial charge in [0, 0.05) is 23.9 Å². The number of hydrogen-bond acceptors (Lipinski definition) is 3. The fourth-order valence-corrected chi connectivity index (χ4v) is 2.32. The first-order valence-electron chi connectivity index (χ1n) is 7.40. The van der Waals surface area contributed by atoms with Crippen LogP contribution < -0.4 is 15.8 Å². The summed E-state index contributed by atoms with van der Waals surface area (Å²) in [5, 5.41) is 3.41. The second-order valence-electron chi connectivity index (χ2n) is 4.97. The lowest BCUT2D eigenvalue weighted by molar-refractivity contribution is 0.415. The first-order chi connectivity index (χ1) is 9.69. The third-order valence-electron chi connectivity index (χ3n) is 3.34. The lowest BCUT2D eigenvalue weighted by atomic mass is 10.1. The van der Waals surface area contributed by atoms with Gasteiger partial charge in [-0.1, -0.05) is 51.2 Å². The van der Waals surface area contributed by atoms with E-state index >= 15 is 0 Å². The molecule has 0 spiro atoms. The molecule has 0 unspecified atom stereocenters. The topological polar surface area (TPSA) is 47.3 Å². The molecule has 0 atom stereocenters. The molecule has 0 fully saturated rings. The van der Waals surface area contributed by atoms with Gasteiger partial charge in [-0.15, -0.1) is 0 Å². The molecular weight excluding hydrogens is 268 g/mol. The SMILES string of the molecule is CCCCCCCCNc1cc(OC)ccc1C(N)=S. The summed E-state index contributed by atoms with van der Waals surface area (Å²) < 4.78 is 5.24. The Kier molecular flexibility index (Phi) is 8.04. The van der Waals surface area contributed by atoms with Gasteiger partial charge in [-0.2, -0.15) is 0 Å². The van der Waals surface area contributed by atoms with Crippen molar-refractivity contribution in [2.75, 3.05) is 19.0 Å². The molecule has 1 rings (SSSR count). The van der Waals surface area contributed by atoms with E-state index in [1.165, 1.54) is 32.1 Å². The summed E-state index contributed by atoms with van der Waals surface area (Å²) in [4.78, 5) is 0.415. The monoisotopic (exact) mass is 294 g/mol. The predicted octanol–water partition coefficient (Wildman–Crippen LogP) is 4.10. The van der Waals surface area contributed by atoms with Crippen LogP contribution in [-0.2, 0) is 0 Å². The van der Waals surface area contributed by atoms with Gasteiger partial charge in [0.2, 0.25) is 0 Å². The van der Waals surface area contributed by atoms with Crippen molar-refractivity contribution < 1.29 is 4.74 Å². The van der Waals surface area contributed by atoms with Crippen LogP contribution in [0.1, 0.15) is 51.0 Å². The average Bonchev–Trinajstić information content (AvgIpc) is 2.45. The summed E-state index contributed by atoms with van der Waals surface area (Å²) in [6.45, 7) is 3.18. The predicted molar refractivity (Wildman–Crippen MR) is 90.7 cm³/mol. The van der Waals surface area contributed by atoms with E-state index in [0.717, 1.165) is 30.0 Å². The van der Waals surface area contributed by atoms with Crippen LogP contribution in [0, 0.1) is 0 Å².